The molecule has 0 saturated heterocycles. The van der Waals surface area contributed by atoms with E-state index in [1.54, 1.807) is 48.6 Å². The molecule has 1 aliphatic heterocycles. The van der Waals surface area contributed by atoms with Gasteiger partial charge in [0.1, 0.15) is 13.1 Å². The van der Waals surface area contributed by atoms with Crippen molar-refractivity contribution in [3.63, 3.8) is 0 Å². The van der Waals surface area contributed by atoms with Crippen LogP contribution in [-0.4, -0.2) is 69.3 Å². The number of anilines is 2. The molecule has 1 aliphatic rings. The molecule has 9 heteroatoms. The largest absolute Gasteiger partial charge is 0.334 e. The van der Waals surface area contributed by atoms with Gasteiger partial charge in [0.05, 0.1) is 11.4 Å². The van der Waals surface area contributed by atoms with Crippen LogP contribution in [0.3, 0.4) is 0 Å². The summed E-state index contributed by atoms with van der Waals surface area (Å²) in [5.41, 5.74) is 0.694. The number of benzene rings is 1. The van der Waals surface area contributed by atoms with E-state index in [2.05, 4.69) is 26.3 Å². The van der Waals surface area contributed by atoms with Gasteiger partial charge >= 0.3 is 10.2 Å². The molecule has 1 aromatic carbocycles. The minimum Gasteiger partial charge on any atom is -0.334 e. The highest BCUT2D eigenvalue weighted by Crippen LogP contribution is 2.40. The first-order valence-electron chi connectivity index (χ1n) is 9.70. The van der Waals surface area contributed by atoms with E-state index in [4.69, 9.17) is 0 Å². The van der Waals surface area contributed by atoms with Gasteiger partial charge in [0.25, 0.3) is 0 Å². The number of nitrogens with zero attached hydrogens (tertiary/aromatic N) is 4. The zero-order valence-corrected chi connectivity index (χ0v) is 18.3. The highest BCUT2D eigenvalue weighted by molar-refractivity contribution is 7.94. The summed E-state index contributed by atoms with van der Waals surface area (Å²) >= 11 is 0. The zero-order valence-electron chi connectivity index (χ0n) is 17.5. The zero-order chi connectivity index (χ0) is 23.0. The molecule has 166 valence electrons. The Balaban J connectivity index is 2.35. The fourth-order valence-electron chi connectivity index (χ4n) is 3.21. The van der Waals surface area contributed by atoms with Gasteiger partial charge in [-0.25, -0.2) is 8.61 Å². The number of amides is 2. The van der Waals surface area contributed by atoms with Crippen molar-refractivity contribution in [2.75, 3.05) is 47.9 Å². The van der Waals surface area contributed by atoms with Crippen molar-refractivity contribution in [3.8, 4) is 0 Å². The first-order valence-corrected chi connectivity index (χ1v) is 11.1. The number of hydrogen-bond donors (Lipinski definition) is 0. The van der Waals surface area contributed by atoms with Crippen LogP contribution in [0.15, 0.2) is 74.9 Å². The molecule has 0 aliphatic carbocycles. The lowest BCUT2D eigenvalue weighted by molar-refractivity contribution is -0.129. The quantitative estimate of drug-likeness (QED) is 0.462. The van der Waals surface area contributed by atoms with Crippen LogP contribution in [0.25, 0.3) is 0 Å². The second-order valence-corrected chi connectivity index (χ2v) is 8.54. The van der Waals surface area contributed by atoms with Crippen LogP contribution in [0.1, 0.15) is 0 Å². The van der Waals surface area contributed by atoms with Gasteiger partial charge < -0.3 is 9.80 Å². The lowest BCUT2D eigenvalue weighted by Gasteiger charge is -2.26. The van der Waals surface area contributed by atoms with Crippen molar-refractivity contribution < 1.29 is 18.0 Å². The van der Waals surface area contributed by atoms with Crippen molar-refractivity contribution >= 4 is 33.4 Å². The molecular weight excluding hydrogens is 416 g/mol. The second kappa shape index (κ2) is 10.6. The maximum atomic E-state index is 13.3. The van der Waals surface area contributed by atoms with Gasteiger partial charge in [-0.1, -0.05) is 36.4 Å². The first kappa shape index (κ1) is 23.9. The summed E-state index contributed by atoms with van der Waals surface area (Å²) in [6.45, 7) is 14.8. The lowest BCUT2D eigenvalue weighted by Crippen LogP contribution is -2.48. The van der Waals surface area contributed by atoms with E-state index in [0.29, 0.717) is 11.4 Å². The molecule has 2 amide bonds. The van der Waals surface area contributed by atoms with Crippen molar-refractivity contribution in [1.29, 1.82) is 0 Å². The molecule has 8 nitrogen and oxygen atoms in total. The topological polar surface area (TPSA) is 81.2 Å². The minimum atomic E-state index is -4.14. The van der Waals surface area contributed by atoms with Gasteiger partial charge in [0.2, 0.25) is 11.8 Å². The Morgan fingerprint density at radius 3 is 1.35 bits per heavy atom. The van der Waals surface area contributed by atoms with Crippen LogP contribution < -0.4 is 8.61 Å². The second-order valence-electron chi connectivity index (χ2n) is 6.76. The van der Waals surface area contributed by atoms with Gasteiger partial charge in [-0.05, 0) is 12.1 Å². The van der Waals surface area contributed by atoms with Crippen LogP contribution in [-0.2, 0) is 19.8 Å². The van der Waals surface area contributed by atoms with Crippen LogP contribution in [0, 0.1) is 0 Å². The van der Waals surface area contributed by atoms with Gasteiger partial charge in [-0.15, -0.1) is 26.3 Å². The predicted molar refractivity (Wildman–Crippen MR) is 124 cm³/mol. The van der Waals surface area contributed by atoms with E-state index in [1.165, 1.54) is 9.80 Å². The number of fused-ring (bicyclic) bond motifs is 1. The Labute approximate surface area is 184 Å². The normalized spacial score (nSPS) is 13.8. The molecule has 0 radical (unpaired) electrons. The van der Waals surface area contributed by atoms with Crippen molar-refractivity contribution in [1.82, 2.24) is 9.80 Å². The summed E-state index contributed by atoms with van der Waals surface area (Å²) in [5, 5.41) is 0. The molecule has 31 heavy (non-hydrogen) atoms. The van der Waals surface area contributed by atoms with Crippen molar-refractivity contribution in [3.05, 3.63) is 74.9 Å². The summed E-state index contributed by atoms with van der Waals surface area (Å²) in [5.74, 6) is -0.794. The predicted octanol–water partition coefficient (Wildman–Crippen LogP) is 1.96. The molecular formula is C22H28N4O4S. The number of para-hydroxylation sites is 2. The third-order valence-electron chi connectivity index (χ3n) is 4.64. The summed E-state index contributed by atoms with van der Waals surface area (Å²) < 4.78 is 28.7. The SMILES string of the molecule is C=CCN(CC=C)C(=O)CN1c2ccccc2N(CC(=O)N(CC=C)CC=C)S1(=O)=O. The summed E-state index contributed by atoms with van der Waals surface area (Å²) in [7, 11) is -4.14. The molecule has 1 heterocycles. The Bertz CT molecular complexity index is 882. The monoisotopic (exact) mass is 444 g/mol. The Kier molecular flexibility index (Phi) is 8.21. The number of rotatable bonds is 12. The summed E-state index contributed by atoms with van der Waals surface area (Å²) in [6, 6.07) is 6.59. The van der Waals surface area contributed by atoms with Gasteiger partial charge in [0, 0.05) is 26.2 Å². The molecule has 1 aromatic rings. The highest BCUT2D eigenvalue weighted by atomic mass is 32.2. The third kappa shape index (κ3) is 5.24. The third-order valence-corrected chi connectivity index (χ3v) is 6.40. The number of carbonyl (C=O) groups excluding carboxylic acids is 2. The molecule has 0 fully saturated rings. The molecule has 2 rings (SSSR count). The van der Waals surface area contributed by atoms with E-state index in [0.717, 1.165) is 8.61 Å². The smallest absolute Gasteiger partial charge is 0.327 e. The molecule has 0 N–H and O–H groups in total. The fourth-order valence-corrected chi connectivity index (χ4v) is 4.80. The van der Waals surface area contributed by atoms with Crippen LogP contribution in [0.2, 0.25) is 0 Å². The van der Waals surface area contributed by atoms with E-state index in [9.17, 15) is 18.0 Å². The van der Waals surface area contributed by atoms with Crippen LogP contribution in [0.4, 0.5) is 11.4 Å². The average Bonchev–Trinajstić information content (AvgIpc) is 2.94. The molecule has 0 bridgehead atoms. The fraction of sp³-hybridized carbons (Fsp3) is 0.273. The Morgan fingerprint density at radius 1 is 0.742 bits per heavy atom. The van der Waals surface area contributed by atoms with Crippen molar-refractivity contribution in [2.45, 2.75) is 0 Å². The lowest BCUT2D eigenvalue weighted by atomic mass is 10.2. The maximum Gasteiger partial charge on any atom is 0.327 e. The molecule has 0 unspecified atom stereocenters. The molecule has 0 spiro atoms. The summed E-state index contributed by atoms with van der Waals surface area (Å²) in [4.78, 5) is 28.5. The van der Waals surface area contributed by atoms with Crippen LogP contribution in [0.5, 0.6) is 0 Å². The number of carbonyl (C=O) groups is 2. The Hall–Kier alpha value is -3.33. The maximum absolute atomic E-state index is 13.3. The first-order chi connectivity index (χ1) is 14.8. The van der Waals surface area contributed by atoms with Crippen molar-refractivity contribution in [2.24, 2.45) is 0 Å². The van der Waals surface area contributed by atoms with E-state index in [1.807, 2.05) is 0 Å². The highest BCUT2D eigenvalue weighted by Gasteiger charge is 2.42. The molecule has 0 aromatic heterocycles. The molecule has 0 saturated carbocycles. The van der Waals surface area contributed by atoms with E-state index >= 15 is 0 Å². The van der Waals surface area contributed by atoms with Gasteiger partial charge in [-0.2, -0.15) is 8.42 Å². The minimum absolute atomic E-state index is 0.265. The molecule has 0 atom stereocenters. The van der Waals surface area contributed by atoms with E-state index in [-0.39, 0.29) is 26.2 Å². The number of hydrogen-bond acceptors (Lipinski definition) is 4. The average molecular weight is 445 g/mol. The van der Waals surface area contributed by atoms with Crippen LogP contribution >= 0.6 is 0 Å². The van der Waals surface area contributed by atoms with E-state index < -0.39 is 35.1 Å². The van der Waals surface area contributed by atoms with Gasteiger partial charge in [-0.3, -0.25) is 9.59 Å². The standard InChI is InChI=1S/C22H28N4O4S/c1-5-13-23(14-6-2)21(27)17-25-19-11-9-10-12-20(19)26(31(25,29)30)18-22(28)24(15-7-3)16-8-4/h5-12H,1-4,13-18H2. The Morgan fingerprint density at radius 2 is 1.06 bits per heavy atom. The summed E-state index contributed by atoms with van der Waals surface area (Å²) in [6.07, 6.45) is 6.25. The van der Waals surface area contributed by atoms with Gasteiger partial charge in [0.15, 0.2) is 0 Å².